The molecule has 0 spiro atoms. The molecule has 1 amide bonds. The van der Waals surface area contributed by atoms with Crippen molar-refractivity contribution in [3.8, 4) is 0 Å². The van der Waals surface area contributed by atoms with Crippen LogP contribution in [-0.2, 0) is 15.6 Å². The second kappa shape index (κ2) is 6.10. The number of carbonyl (C=O) groups excluding carboxylic acids is 1. The average molecular weight is 206 g/mol. The quantitative estimate of drug-likeness (QED) is 0.643. The van der Waals surface area contributed by atoms with Crippen molar-refractivity contribution in [3.05, 3.63) is 0 Å². The number of carbonyl (C=O) groups is 1. The number of hydrogen-bond donors (Lipinski definition) is 2. The first-order chi connectivity index (χ1) is 5.97. The summed E-state index contributed by atoms with van der Waals surface area (Å²) in [6, 6.07) is -0.524. The molecule has 4 nitrogen and oxygen atoms in total. The minimum absolute atomic E-state index is 0.0732. The minimum atomic E-state index is -0.883. The lowest BCUT2D eigenvalue weighted by molar-refractivity contribution is -0.122. The Hall–Kier alpha value is -0.420. The molecule has 13 heavy (non-hydrogen) atoms. The summed E-state index contributed by atoms with van der Waals surface area (Å²) >= 11 is 0. The van der Waals surface area contributed by atoms with Gasteiger partial charge in [0, 0.05) is 28.9 Å². The molecule has 0 aromatic carbocycles. The van der Waals surface area contributed by atoms with Gasteiger partial charge in [-0.2, -0.15) is 0 Å². The number of nitrogens with one attached hydrogen (secondary N) is 1. The van der Waals surface area contributed by atoms with E-state index >= 15 is 0 Å². The zero-order valence-corrected chi connectivity index (χ0v) is 9.19. The summed E-state index contributed by atoms with van der Waals surface area (Å²) in [6.07, 6.45) is 2.23. The molecular weight excluding hydrogens is 188 g/mol. The van der Waals surface area contributed by atoms with Crippen LogP contribution in [0, 0.1) is 0 Å². The first-order valence-corrected chi connectivity index (χ1v) is 6.06. The van der Waals surface area contributed by atoms with Crippen molar-refractivity contribution in [2.45, 2.75) is 32.4 Å². The van der Waals surface area contributed by atoms with Crippen LogP contribution in [0.2, 0.25) is 0 Å². The molecular formula is C8H18N2O2S. The van der Waals surface area contributed by atoms with Crippen molar-refractivity contribution in [3.63, 3.8) is 0 Å². The summed E-state index contributed by atoms with van der Waals surface area (Å²) in [6.45, 7) is 3.68. The molecule has 3 N–H and O–H groups in total. The Bertz CT molecular complexity index is 197. The van der Waals surface area contributed by atoms with Crippen LogP contribution in [0.4, 0.5) is 0 Å². The van der Waals surface area contributed by atoms with Gasteiger partial charge in [-0.15, -0.1) is 0 Å². The van der Waals surface area contributed by atoms with Gasteiger partial charge in [0.15, 0.2) is 0 Å². The molecule has 3 unspecified atom stereocenters. The predicted octanol–water partition coefficient (Wildman–Crippen LogP) is -0.393. The molecule has 0 radical (unpaired) electrons. The van der Waals surface area contributed by atoms with Gasteiger partial charge in [-0.25, -0.2) is 0 Å². The van der Waals surface area contributed by atoms with Crippen molar-refractivity contribution >= 4 is 16.7 Å². The van der Waals surface area contributed by atoms with Crippen molar-refractivity contribution in [2.75, 3.05) is 12.0 Å². The van der Waals surface area contributed by atoms with Crippen molar-refractivity contribution in [2.24, 2.45) is 5.73 Å². The highest BCUT2D eigenvalue weighted by atomic mass is 32.2. The number of amides is 1. The Morgan fingerprint density at radius 1 is 1.62 bits per heavy atom. The molecule has 0 aliphatic heterocycles. The highest BCUT2D eigenvalue weighted by Crippen LogP contribution is 1.90. The van der Waals surface area contributed by atoms with E-state index < -0.39 is 16.8 Å². The first-order valence-electron chi connectivity index (χ1n) is 4.33. The number of hydrogen-bond acceptors (Lipinski definition) is 3. The van der Waals surface area contributed by atoms with Crippen LogP contribution in [0.25, 0.3) is 0 Å². The van der Waals surface area contributed by atoms with E-state index in [2.05, 4.69) is 5.32 Å². The summed E-state index contributed by atoms with van der Waals surface area (Å²) in [5, 5.41) is 2.70. The number of nitrogens with two attached hydrogens (primary N) is 1. The lowest BCUT2D eigenvalue weighted by Crippen LogP contribution is -2.45. The summed E-state index contributed by atoms with van der Waals surface area (Å²) in [5.74, 6) is 0.308. The van der Waals surface area contributed by atoms with E-state index in [9.17, 15) is 9.00 Å². The molecule has 0 fully saturated rings. The van der Waals surface area contributed by atoms with Crippen molar-refractivity contribution in [1.29, 1.82) is 0 Å². The van der Waals surface area contributed by atoms with Crippen LogP contribution >= 0.6 is 0 Å². The Morgan fingerprint density at radius 3 is 2.54 bits per heavy atom. The maximum absolute atomic E-state index is 11.2. The normalized spacial score (nSPS) is 17.5. The van der Waals surface area contributed by atoms with E-state index in [1.54, 1.807) is 6.26 Å². The average Bonchev–Trinajstić information content (AvgIpc) is 2.01. The highest BCUT2D eigenvalue weighted by Gasteiger charge is 2.13. The maximum Gasteiger partial charge on any atom is 0.237 e. The molecule has 78 valence electrons. The second-order valence-corrected chi connectivity index (χ2v) is 4.64. The maximum atomic E-state index is 11.2. The van der Waals surface area contributed by atoms with E-state index in [1.165, 1.54) is 0 Å². The molecule has 5 heteroatoms. The molecule has 0 saturated carbocycles. The molecule has 0 aliphatic carbocycles. The molecule has 0 heterocycles. The van der Waals surface area contributed by atoms with E-state index in [4.69, 9.17) is 5.73 Å². The molecule has 0 aromatic heterocycles. The van der Waals surface area contributed by atoms with Crippen LogP contribution in [0.3, 0.4) is 0 Å². The minimum Gasteiger partial charge on any atom is -0.351 e. The van der Waals surface area contributed by atoms with E-state index in [1.807, 2.05) is 13.8 Å². The van der Waals surface area contributed by atoms with Gasteiger partial charge < -0.3 is 11.1 Å². The zero-order valence-electron chi connectivity index (χ0n) is 8.37. The van der Waals surface area contributed by atoms with Gasteiger partial charge in [0.2, 0.25) is 5.91 Å². The Balaban J connectivity index is 3.84. The van der Waals surface area contributed by atoms with Gasteiger partial charge in [0.1, 0.15) is 0 Å². The van der Waals surface area contributed by atoms with Gasteiger partial charge in [-0.3, -0.25) is 9.00 Å². The molecule has 3 atom stereocenters. The van der Waals surface area contributed by atoms with Gasteiger partial charge >= 0.3 is 0 Å². The second-order valence-electron chi connectivity index (χ2n) is 3.16. The molecule has 0 bridgehead atoms. The summed E-state index contributed by atoms with van der Waals surface area (Å²) in [5.41, 5.74) is 5.51. The standard InChI is InChI=1S/C8H18N2O2S/c1-4-7(9)8(11)10-6(2)5-13(3)12/h6-7H,4-5,9H2,1-3H3,(H,10,11). The van der Waals surface area contributed by atoms with Crippen molar-refractivity contribution in [1.82, 2.24) is 5.32 Å². The highest BCUT2D eigenvalue weighted by molar-refractivity contribution is 7.84. The first kappa shape index (κ1) is 12.6. The Labute approximate surface area is 81.7 Å². The summed E-state index contributed by atoms with van der Waals surface area (Å²) in [4.78, 5) is 11.2. The van der Waals surface area contributed by atoms with Crippen molar-refractivity contribution < 1.29 is 9.00 Å². The largest absolute Gasteiger partial charge is 0.351 e. The lowest BCUT2D eigenvalue weighted by Gasteiger charge is -2.15. The van der Waals surface area contributed by atoms with Crippen LogP contribution < -0.4 is 11.1 Å². The lowest BCUT2D eigenvalue weighted by atomic mass is 10.2. The van der Waals surface area contributed by atoms with Gasteiger partial charge in [-0.1, -0.05) is 6.92 Å². The van der Waals surface area contributed by atoms with Gasteiger partial charge in [-0.05, 0) is 13.3 Å². The smallest absolute Gasteiger partial charge is 0.237 e. The van der Waals surface area contributed by atoms with Gasteiger partial charge in [0.25, 0.3) is 0 Å². The molecule has 0 aromatic rings. The third-order valence-electron chi connectivity index (χ3n) is 1.65. The summed E-state index contributed by atoms with van der Waals surface area (Å²) in [7, 11) is -0.883. The van der Waals surface area contributed by atoms with Crippen LogP contribution in [-0.4, -0.2) is 34.2 Å². The topological polar surface area (TPSA) is 72.2 Å². The zero-order chi connectivity index (χ0) is 10.4. The third kappa shape index (κ3) is 5.76. The molecule has 0 rings (SSSR count). The Kier molecular flexibility index (Phi) is 5.90. The predicted molar refractivity (Wildman–Crippen MR) is 54.8 cm³/mol. The fraction of sp³-hybridized carbons (Fsp3) is 0.875. The van der Waals surface area contributed by atoms with E-state index in [0.29, 0.717) is 12.2 Å². The van der Waals surface area contributed by atoms with Crippen LogP contribution in [0.1, 0.15) is 20.3 Å². The monoisotopic (exact) mass is 206 g/mol. The van der Waals surface area contributed by atoms with Crippen LogP contribution in [0.15, 0.2) is 0 Å². The van der Waals surface area contributed by atoms with Gasteiger partial charge in [0.05, 0.1) is 6.04 Å². The third-order valence-corrected chi connectivity index (χ3v) is 2.62. The molecule has 0 saturated heterocycles. The fourth-order valence-electron chi connectivity index (χ4n) is 0.929. The Morgan fingerprint density at radius 2 is 2.15 bits per heavy atom. The van der Waals surface area contributed by atoms with E-state index in [-0.39, 0.29) is 11.9 Å². The van der Waals surface area contributed by atoms with E-state index in [0.717, 1.165) is 0 Å². The van der Waals surface area contributed by atoms with Crippen LogP contribution in [0.5, 0.6) is 0 Å². The number of rotatable bonds is 5. The SMILES string of the molecule is CCC(N)C(=O)NC(C)CS(C)=O. The fourth-order valence-corrected chi connectivity index (χ4v) is 1.72. The molecule has 0 aliphatic rings. The summed E-state index contributed by atoms with van der Waals surface area (Å²) < 4.78 is 10.8.